The van der Waals surface area contributed by atoms with Crippen LogP contribution in [0.15, 0.2) is 30.3 Å². The van der Waals surface area contributed by atoms with Gasteiger partial charge in [-0.1, -0.05) is 29.8 Å². The lowest BCUT2D eigenvalue weighted by atomic mass is 10.1. The molecule has 0 bridgehead atoms. The van der Waals surface area contributed by atoms with Crippen molar-refractivity contribution in [3.8, 4) is 11.3 Å². The third-order valence-corrected chi connectivity index (χ3v) is 3.76. The number of carbonyl (C=O) groups excluding carboxylic acids is 1. The highest BCUT2D eigenvalue weighted by Crippen LogP contribution is 2.27. The summed E-state index contributed by atoms with van der Waals surface area (Å²) >= 11 is 0. The van der Waals surface area contributed by atoms with E-state index in [1.54, 1.807) is 13.0 Å². The van der Waals surface area contributed by atoms with Crippen LogP contribution >= 0.6 is 0 Å². The summed E-state index contributed by atoms with van der Waals surface area (Å²) in [6.45, 7) is 6.19. The number of carboxylic acid groups (broad SMARTS) is 1. The van der Waals surface area contributed by atoms with Crippen molar-refractivity contribution in [1.82, 2.24) is 4.57 Å². The van der Waals surface area contributed by atoms with E-state index in [9.17, 15) is 9.59 Å². The Morgan fingerprint density at radius 2 is 1.83 bits per heavy atom. The molecule has 1 N–H and O–H groups in total. The molecule has 2 aromatic rings. The van der Waals surface area contributed by atoms with Gasteiger partial charge in [0.1, 0.15) is 0 Å². The molecule has 0 spiro atoms. The zero-order valence-electron chi connectivity index (χ0n) is 13.6. The fraction of sp³-hybridized carbons (Fsp3) is 0.333. The number of aliphatic carboxylic acids is 1. The van der Waals surface area contributed by atoms with Gasteiger partial charge in [0, 0.05) is 17.9 Å². The van der Waals surface area contributed by atoms with Gasteiger partial charge >= 0.3 is 11.9 Å². The molecule has 1 aromatic heterocycles. The lowest BCUT2D eigenvalue weighted by Crippen LogP contribution is -2.10. The monoisotopic (exact) mass is 315 g/mol. The van der Waals surface area contributed by atoms with Gasteiger partial charge in [0.2, 0.25) is 0 Å². The van der Waals surface area contributed by atoms with Crippen LogP contribution in [0.2, 0.25) is 0 Å². The highest BCUT2D eigenvalue weighted by molar-refractivity contribution is 5.92. The lowest BCUT2D eigenvalue weighted by Gasteiger charge is -2.11. The number of carboxylic acids is 1. The standard InChI is InChI=1S/C18H21NO4/c1-4-23-18(22)15-11-16(14-7-5-12(2)6-8-14)19(13(15)3)10-9-17(20)21/h5-8,11H,4,9-10H2,1-3H3,(H,20,21). The molecule has 0 fully saturated rings. The minimum absolute atomic E-state index is 0.00333. The van der Waals surface area contributed by atoms with Gasteiger partial charge < -0.3 is 14.4 Å². The second-order valence-corrected chi connectivity index (χ2v) is 5.41. The van der Waals surface area contributed by atoms with Gasteiger partial charge in [-0.3, -0.25) is 4.79 Å². The number of nitrogens with zero attached hydrogens (tertiary/aromatic N) is 1. The Morgan fingerprint density at radius 3 is 2.39 bits per heavy atom. The van der Waals surface area contributed by atoms with Crippen molar-refractivity contribution in [2.24, 2.45) is 0 Å². The van der Waals surface area contributed by atoms with Gasteiger partial charge in [0.25, 0.3) is 0 Å². The summed E-state index contributed by atoms with van der Waals surface area (Å²) in [4.78, 5) is 23.0. The number of aryl methyl sites for hydroxylation is 1. The van der Waals surface area contributed by atoms with Crippen molar-refractivity contribution in [1.29, 1.82) is 0 Å². The number of benzene rings is 1. The molecular formula is C18H21NO4. The van der Waals surface area contributed by atoms with E-state index < -0.39 is 5.97 Å². The summed E-state index contributed by atoms with van der Waals surface area (Å²) in [5.41, 5.74) is 4.11. The number of rotatable bonds is 6. The van der Waals surface area contributed by atoms with Crippen molar-refractivity contribution in [3.05, 3.63) is 47.2 Å². The Morgan fingerprint density at radius 1 is 1.17 bits per heavy atom. The lowest BCUT2D eigenvalue weighted by molar-refractivity contribution is -0.137. The maximum absolute atomic E-state index is 12.1. The first-order valence-electron chi connectivity index (χ1n) is 7.60. The summed E-state index contributed by atoms with van der Waals surface area (Å²) in [7, 11) is 0. The van der Waals surface area contributed by atoms with E-state index in [1.165, 1.54) is 0 Å². The topological polar surface area (TPSA) is 68.5 Å². The van der Waals surface area contributed by atoms with Crippen LogP contribution < -0.4 is 0 Å². The summed E-state index contributed by atoms with van der Waals surface area (Å²) in [5, 5.41) is 8.96. The van der Waals surface area contributed by atoms with Crippen LogP contribution in [0.4, 0.5) is 0 Å². The minimum Gasteiger partial charge on any atom is -0.481 e. The number of carbonyl (C=O) groups is 2. The Kier molecular flexibility index (Phi) is 5.21. The molecule has 0 radical (unpaired) electrons. The van der Waals surface area contributed by atoms with Crippen LogP contribution in [0.25, 0.3) is 11.3 Å². The highest BCUT2D eigenvalue weighted by atomic mass is 16.5. The minimum atomic E-state index is -0.870. The summed E-state index contributed by atoms with van der Waals surface area (Å²) in [6, 6.07) is 9.69. The molecule has 5 nitrogen and oxygen atoms in total. The highest BCUT2D eigenvalue weighted by Gasteiger charge is 2.19. The molecule has 5 heteroatoms. The van der Waals surface area contributed by atoms with Crippen LogP contribution in [-0.4, -0.2) is 28.2 Å². The van der Waals surface area contributed by atoms with Crippen LogP contribution in [0.1, 0.15) is 35.0 Å². The van der Waals surface area contributed by atoms with Crippen LogP contribution in [0, 0.1) is 13.8 Å². The zero-order valence-corrected chi connectivity index (χ0v) is 13.6. The Bertz CT molecular complexity index is 713. The van der Waals surface area contributed by atoms with Gasteiger partial charge in [-0.2, -0.15) is 0 Å². The molecule has 0 aliphatic rings. The number of ether oxygens (including phenoxy) is 1. The zero-order chi connectivity index (χ0) is 17.0. The SMILES string of the molecule is CCOC(=O)c1cc(-c2ccc(C)cc2)n(CCC(=O)O)c1C. The maximum atomic E-state index is 12.1. The van der Waals surface area contributed by atoms with E-state index in [0.717, 1.165) is 22.5 Å². The third-order valence-electron chi connectivity index (χ3n) is 3.76. The predicted octanol–water partition coefficient (Wildman–Crippen LogP) is 3.42. The first kappa shape index (κ1) is 16.8. The molecule has 0 saturated heterocycles. The van der Waals surface area contributed by atoms with Crippen molar-refractivity contribution >= 4 is 11.9 Å². The predicted molar refractivity (Wildman–Crippen MR) is 87.6 cm³/mol. The Labute approximate surface area is 135 Å². The fourth-order valence-corrected chi connectivity index (χ4v) is 2.52. The summed E-state index contributed by atoms with van der Waals surface area (Å²) in [6.07, 6.45) is -0.00333. The van der Waals surface area contributed by atoms with Crippen molar-refractivity contribution in [2.45, 2.75) is 33.7 Å². The van der Waals surface area contributed by atoms with Crippen LogP contribution in [0.3, 0.4) is 0 Å². The van der Waals surface area contributed by atoms with Gasteiger partial charge in [0.05, 0.1) is 18.6 Å². The van der Waals surface area contributed by atoms with Gasteiger partial charge in [-0.25, -0.2) is 4.79 Å². The first-order chi connectivity index (χ1) is 10.9. The van der Waals surface area contributed by atoms with Crippen molar-refractivity contribution in [3.63, 3.8) is 0 Å². The quantitative estimate of drug-likeness (QED) is 0.829. The molecular weight excluding hydrogens is 294 g/mol. The van der Waals surface area contributed by atoms with Crippen LogP contribution in [0.5, 0.6) is 0 Å². The number of esters is 1. The summed E-state index contributed by atoms with van der Waals surface area (Å²) in [5.74, 6) is -1.25. The largest absolute Gasteiger partial charge is 0.481 e. The van der Waals surface area contributed by atoms with E-state index in [1.807, 2.05) is 42.7 Å². The molecule has 122 valence electrons. The smallest absolute Gasteiger partial charge is 0.339 e. The normalized spacial score (nSPS) is 10.6. The second kappa shape index (κ2) is 7.13. The third kappa shape index (κ3) is 3.80. The van der Waals surface area contributed by atoms with E-state index in [4.69, 9.17) is 9.84 Å². The molecule has 0 amide bonds. The van der Waals surface area contributed by atoms with Gasteiger partial charge in [0.15, 0.2) is 0 Å². The molecule has 0 atom stereocenters. The average Bonchev–Trinajstić information content (AvgIpc) is 2.83. The van der Waals surface area contributed by atoms with Gasteiger partial charge in [-0.15, -0.1) is 0 Å². The molecule has 0 unspecified atom stereocenters. The van der Waals surface area contributed by atoms with E-state index in [-0.39, 0.29) is 12.4 Å². The number of hydrogen-bond donors (Lipinski definition) is 1. The maximum Gasteiger partial charge on any atom is 0.339 e. The van der Waals surface area contributed by atoms with E-state index in [0.29, 0.717) is 18.7 Å². The Hall–Kier alpha value is -2.56. The fourth-order valence-electron chi connectivity index (χ4n) is 2.52. The van der Waals surface area contributed by atoms with E-state index >= 15 is 0 Å². The molecule has 1 aromatic carbocycles. The first-order valence-corrected chi connectivity index (χ1v) is 7.60. The van der Waals surface area contributed by atoms with Crippen LogP contribution in [-0.2, 0) is 16.1 Å². The van der Waals surface area contributed by atoms with Gasteiger partial charge in [-0.05, 0) is 32.4 Å². The summed E-state index contributed by atoms with van der Waals surface area (Å²) < 4.78 is 6.96. The molecule has 23 heavy (non-hydrogen) atoms. The molecule has 2 rings (SSSR count). The molecule has 1 heterocycles. The van der Waals surface area contributed by atoms with Crippen molar-refractivity contribution < 1.29 is 19.4 Å². The van der Waals surface area contributed by atoms with E-state index in [2.05, 4.69) is 0 Å². The number of aromatic nitrogens is 1. The molecule has 0 aliphatic heterocycles. The Balaban J connectivity index is 2.49. The molecule has 0 aliphatic carbocycles. The average molecular weight is 315 g/mol. The van der Waals surface area contributed by atoms with Crippen molar-refractivity contribution in [2.75, 3.05) is 6.61 Å². The second-order valence-electron chi connectivity index (χ2n) is 5.41. The molecule has 0 saturated carbocycles. The number of hydrogen-bond acceptors (Lipinski definition) is 3.